The summed E-state index contributed by atoms with van der Waals surface area (Å²) >= 11 is 0. The van der Waals surface area contributed by atoms with Gasteiger partial charge in [0.25, 0.3) is 6.43 Å². The van der Waals surface area contributed by atoms with Gasteiger partial charge in [-0.2, -0.15) is 0 Å². The van der Waals surface area contributed by atoms with E-state index in [1.165, 1.54) is 12.1 Å². The summed E-state index contributed by atoms with van der Waals surface area (Å²) in [4.78, 5) is 11.3. The number of carbonyl (C=O) groups is 1. The van der Waals surface area contributed by atoms with Crippen LogP contribution in [0.1, 0.15) is 99.8 Å². The van der Waals surface area contributed by atoms with Crippen molar-refractivity contribution in [3.05, 3.63) is 88.5 Å². The number of alkyl halides is 2. The Labute approximate surface area is 233 Å². The van der Waals surface area contributed by atoms with Crippen molar-refractivity contribution in [2.24, 2.45) is 5.41 Å². The number of hydrogen-bond acceptors (Lipinski definition) is 2. The van der Waals surface area contributed by atoms with Crippen molar-refractivity contribution in [2.45, 2.75) is 84.2 Å². The van der Waals surface area contributed by atoms with Crippen LogP contribution in [-0.2, 0) is 11.4 Å². The highest BCUT2D eigenvalue weighted by molar-refractivity contribution is 5.70. The van der Waals surface area contributed by atoms with E-state index in [4.69, 9.17) is 4.74 Å². The molecule has 40 heavy (non-hydrogen) atoms. The van der Waals surface area contributed by atoms with Crippen LogP contribution >= 0.6 is 0 Å². The zero-order valence-corrected chi connectivity index (χ0v) is 23.2. The van der Waals surface area contributed by atoms with Crippen LogP contribution in [0.4, 0.5) is 17.6 Å². The second kappa shape index (κ2) is 12.4. The predicted octanol–water partition coefficient (Wildman–Crippen LogP) is 9.80. The third kappa shape index (κ3) is 6.51. The molecule has 1 aliphatic carbocycles. The smallest absolute Gasteiger partial charge is 0.303 e. The molecule has 1 N–H and O–H groups in total. The lowest BCUT2D eigenvalue weighted by Gasteiger charge is -2.30. The van der Waals surface area contributed by atoms with Gasteiger partial charge in [0.2, 0.25) is 0 Å². The molecule has 0 amide bonds. The van der Waals surface area contributed by atoms with Gasteiger partial charge in [0.15, 0.2) is 11.6 Å². The lowest BCUT2D eigenvalue weighted by atomic mass is 9.75. The maximum absolute atomic E-state index is 15.4. The van der Waals surface area contributed by atoms with Crippen LogP contribution in [-0.4, -0.2) is 11.1 Å². The van der Waals surface area contributed by atoms with Crippen molar-refractivity contribution in [1.29, 1.82) is 0 Å². The maximum atomic E-state index is 15.4. The molecule has 0 unspecified atom stereocenters. The Morgan fingerprint density at radius 1 is 1.07 bits per heavy atom. The van der Waals surface area contributed by atoms with Gasteiger partial charge in [0.1, 0.15) is 12.4 Å². The van der Waals surface area contributed by atoms with Crippen LogP contribution in [0.5, 0.6) is 5.75 Å². The summed E-state index contributed by atoms with van der Waals surface area (Å²) in [6, 6.07) is 13.6. The molecule has 4 rings (SSSR count). The molecule has 0 heterocycles. The van der Waals surface area contributed by atoms with Crippen LogP contribution < -0.4 is 4.74 Å². The average molecular weight is 557 g/mol. The molecule has 1 saturated carbocycles. The number of benzene rings is 3. The molecule has 7 heteroatoms. The minimum absolute atomic E-state index is 0.0338. The first-order valence-electron chi connectivity index (χ1n) is 13.9. The van der Waals surface area contributed by atoms with E-state index in [2.05, 4.69) is 13.8 Å². The Hall–Kier alpha value is -3.35. The zero-order valence-electron chi connectivity index (χ0n) is 23.2. The molecule has 0 radical (unpaired) electrons. The Morgan fingerprint density at radius 2 is 1.85 bits per heavy atom. The normalized spacial score (nSPS) is 17.2. The average Bonchev–Trinajstić information content (AvgIpc) is 3.26. The molecule has 0 saturated heterocycles. The highest BCUT2D eigenvalue weighted by Gasteiger charge is 2.37. The van der Waals surface area contributed by atoms with Crippen LogP contribution in [0.2, 0.25) is 0 Å². The summed E-state index contributed by atoms with van der Waals surface area (Å²) in [5.41, 5.74) is 2.35. The first kappa shape index (κ1) is 29.6. The monoisotopic (exact) mass is 556 g/mol. The van der Waals surface area contributed by atoms with Gasteiger partial charge in [0, 0.05) is 11.1 Å². The number of halogens is 4. The van der Waals surface area contributed by atoms with Crippen LogP contribution in [0.25, 0.3) is 11.1 Å². The molecule has 0 aliphatic heterocycles. The minimum Gasteiger partial charge on any atom is -0.486 e. The third-order valence-corrected chi connectivity index (χ3v) is 8.17. The topological polar surface area (TPSA) is 46.5 Å². The van der Waals surface area contributed by atoms with Crippen molar-refractivity contribution in [1.82, 2.24) is 0 Å². The predicted molar refractivity (Wildman–Crippen MR) is 148 cm³/mol. The first-order valence-corrected chi connectivity index (χ1v) is 13.9. The van der Waals surface area contributed by atoms with Gasteiger partial charge in [-0.1, -0.05) is 70.0 Å². The van der Waals surface area contributed by atoms with Crippen LogP contribution in [0.3, 0.4) is 0 Å². The Morgan fingerprint density at radius 3 is 2.50 bits per heavy atom. The van der Waals surface area contributed by atoms with Gasteiger partial charge in [-0.25, -0.2) is 17.6 Å². The molecule has 1 fully saturated rings. The second-order valence-electron chi connectivity index (χ2n) is 11.4. The number of carboxylic acid groups (broad SMARTS) is 1. The van der Waals surface area contributed by atoms with Crippen molar-refractivity contribution in [2.75, 3.05) is 0 Å². The Bertz CT molecular complexity index is 1350. The Kier molecular flexibility index (Phi) is 9.22. The molecular weight excluding hydrogens is 520 g/mol. The minimum atomic E-state index is -2.71. The van der Waals surface area contributed by atoms with Gasteiger partial charge in [-0.3, -0.25) is 4.79 Å². The van der Waals surface area contributed by atoms with Gasteiger partial charge in [-0.05, 0) is 77.0 Å². The van der Waals surface area contributed by atoms with E-state index in [1.54, 1.807) is 24.3 Å². The number of aliphatic carboxylic acids is 1. The fraction of sp³-hybridized carbons (Fsp3) is 0.424. The SMILES string of the molecule is CCC[C@@H](CC(=O)O)c1cccc(OCc2ccc(-c3cc(C(F)F)ccc3F)c([C@@H]3CCCC3(C)C)c2)c1F. The lowest BCUT2D eigenvalue weighted by Crippen LogP contribution is -2.17. The van der Waals surface area contributed by atoms with Gasteiger partial charge in [0.05, 0.1) is 6.42 Å². The molecule has 214 valence electrons. The fourth-order valence-electron chi connectivity index (χ4n) is 6.07. The summed E-state index contributed by atoms with van der Waals surface area (Å²) in [6.07, 6.45) is 1.26. The molecule has 0 spiro atoms. The van der Waals surface area contributed by atoms with Crippen molar-refractivity contribution in [3.8, 4) is 16.9 Å². The maximum Gasteiger partial charge on any atom is 0.303 e. The van der Waals surface area contributed by atoms with Crippen molar-refractivity contribution >= 4 is 5.97 Å². The molecule has 3 aromatic carbocycles. The zero-order chi connectivity index (χ0) is 29.0. The molecule has 3 aromatic rings. The molecule has 2 atom stereocenters. The highest BCUT2D eigenvalue weighted by Crippen LogP contribution is 2.51. The number of rotatable bonds is 11. The standard InChI is InChI=1S/C33H36F4O3/c1-4-7-21(18-30(38)39)23-8-5-10-29(31(23)35)40-19-20-11-13-24(25(16-20)27-9-6-15-33(27,2)3)26-17-22(32(36)37)12-14-28(26)34/h5,8,10-14,16-17,21,27,32H,4,6-7,9,15,18-19H2,1-3H3,(H,38,39)/t21-,27-/m0/s1. The second-order valence-corrected chi connectivity index (χ2v) is 11.4. The number of carboxylic acids is 1. The molecule has 0 bridgehead atoms. The lowest BCUT2D eigenvalue weighted by molar-refractivity contribution is -0.137. The molecular formula is C33H36F4O3. The summed E-state index contributed by atoms with van der Waals surface area (Å²) in [7, 11) is 0. The summed E-state index contributed by atoms with van der Waals surface area (Å²) in [6.45, 7) is 6.29. The fourth-order valence-corrected chi connectivity index (χ4v) is 6.07. The van der Waals surface area contributed by atoms with Crippen molar-refractivity contribution in [3.63, 3.8) is 0 Å². The molecule has 0 aromatic heterocycles. The van der Waals surface area contributed by atoms with E-state index in [0.29, 0.717) is 17.5 Å². The quantitative estimate of drug-likeness (QED) is 0.239. The van der Waals surface area contributed by atoms with Crippen LogP contribution in [0.15, 0.2) is 54.6 Å². The van der Waals surface area contributed by atoms with E-state index < -0.39 is 29.9 Å². The van der Waals surface area contributed by atoms with E-state index in [0.717, 1.165) is 48.9 Å². The Balaban J connectivity index is 1.68. The van der Waals surface area contributed by atoms with Gasteiger partial charge >= 0.3 is 5.97 Å². The number of ether oxygens (including phenoxy) is 1. The van der Waals surface area contributed by atoms with E-state index in [1.807, 2.05) is 13.0 Å². The van der Waals surface area contributed by atoms with Crippen LogP contribution in [0, 0.1) is 17.0 Å². The summed E-state index contributed by atoms with van der Waals surface area (Å²) < 4.78 is 63.2. The van der Waals surface area contributed by atoms with Crippen molar-refractivity contribution < 1.29 is 32.2 Å². The highest BCUT2D eigenvalue weighted by atomic mass is 19.3. The largest absolute Gasteiger partial charge is 0.486 e. The summed E-state index contributed by atoms with van der Waals surface area (Å²) in [5, 5.41) is 9.29. The molecule has 1 aliphatic rings. The van der Waals surface area contributed by atoms with Gasteiger partial charge in [-0.15, -0.1) is 0 Å². The van der Waals surface area contributed by atoms with Gasteiger partial charge < -0.3 is 9.84 Å². The third-order valence-electron chi connectivity index (χ3n) is 8.17. The van der Waals surface area contributed by atoms with E-state index in [9.17, 15) is 23.1 Å². The van der Waals surface area contributed by atoms with E-state index >= 15 is 4.39 Å². The number of hydrogen-bond donors (Lipinski definition) is 1. The molecule has 3 nitrogen and oxygen atoms in total. The first-order chi connectivity index (χ1) is 19.0. The van der Waals surface area contributed by atoms with E-state index in [-0.39, 0.29) is 41.2 Å². The summed E-state index contributed by atoms with van der Waals surface area (Å²) in [5.74, 6) is -2.45.